The van der Waals surface area contributed by atoms with Crippen LogP contribution < -0.4 is 10.5 Å². The first-order valence-corrected chi connectivity index (χ1v) is 7.79. The van der Waals surface area contributed by atoms with E-state index in [0.717, 1.165) is 5.56 Å². The molecule has 2 aromatic rings. The van der Waals surface area contributed by atoms with Crippen molar-refractivity contribution in [2.24, 2.45) is 0 Å². The zero-order chi connectivity index (χ0) is 14.6. The summed E-state index contributed by atoms with van der Waals surface area (Å²) in [4.78, 5) is 3.87. The number of nitrogens with one attached hydrogen (secondary N) is 1. The smallest absolute Gasteiger partial charge is 0.242 e. The van der Waals surface area contributed by atoms with E-state index in [1.54, 1.807) is 12.1 Å². The van der Waals surface area contributed by atoms with Gasteiger partial charge in [0, 0.05) is 17.8 Å². The van der Waals surface area contributed by atoms with E-state index in [9.17, 15) is 8.42 Å². The molecule has 0 atom stereocenters. The highest BCUT2D eigenvalue weighted by molar-refractivity contribution is 7.89. The Morgan fingerprint density at radius 3 is 2.45 bits per heavy atom. The van der Waals surface area contributed by atoms with Gasteiger partial charge in [-0.05, 0) is 36.2 Å². The summed E-state index contributed by atoms with van der Waals surface area (Å²) in [5.74, 6) is 0.283. The number of nitrogens with zero attached hydrogens (tertiary/aromatic N) is 1. The topological polar surface area (TPSA) is 85.1 Å². The first kappa shape index (κ1) is 14.8. The van der Waals surface area contributed by atoms with Crippen molar-refractivity contribution in [2.75, 3.05) is 12.3 Å². The fraction of sp³-hybridized carbons (Fsp3) is 0.154. The van der Waals surface area contributed by atoms with E-state index in [1.165, 1.54) is 18.3 Å². The highest BCUT2D eigenvalue weighted by Gasteiger charge is 2.13. The minimum absolute atomic E-state index is 0.0998. The van der Waals surface area contributed by atoms with Gasteiger partial charge in [-0.15, -0.1) is 0 Å². The average Bonchev–Trinajstić information content (AvgIpc) is 2.41. The molecule has 0 aliphatic carbocycles. The van der Waals surface area contributed by atoms with Gasteiger partial charge in [0.1, 0.15) is 10.7 Å². The summed E-state index contributed by atoms with van der Waals surface area (Å²) < 4.78 is 26.5. The van der Waals surface area contributed by atoms with E-state index in [0.29, 0.717) is 18.0 Å². The summed E-state index contributed by atoms with van der Waals surface area (Å²) in [5.41, 5.74) is 6.43. The summed E-state index contributed by atoms with van der Waals surface area (Å²) in [7, 11) is -3.55. The third-order valence-electron chi connectivity index (χ3n) is 2.69. The molecular weight excluding hydrogens is 298 g/mol. The Hall–Kier alpha value is -1.63. The zero-order valence-corrected chi connectivity index (χ0v) is 12.2. The maximum atomic E-state index is 12.0. The van der Waals surface area contributed by atoms with Crippen LogP contribution in [0.4, 0.5) is 5.82 Å². The van der Waals surface area contributed by atoms with Gasteiger partial charge in [0.15, 0.2) is 0 Å². The van der Waals surface area contributed by atoms with Crippen molar-refractivity contribution in [2.45, 2.75) is 11.3 Å². The lowest BCUT2D eigenvalue weighted by atomic mass is 10.2. The van der Waals surface area contributed by atoms with Crippen molar-refractivity contribution in [1.29, 1.82) is 0 Å². The van der Waals surface area contributed by atoms with Crippen LogP contribution >= 0.6 is 11.6 Å². The van der Waals surface area contributed by atoms with E-state index in [1.807, 2.05) is 12.1 Å². The monoisotopic (exact) mass is 311 g/mol. The van der Waals surface area contributed by atoms with Crippen LogP contribution in [0.2, 0.25) is 5.02 Å². The number of aromatic nitrogens is 1. The Bertz CT molecular complexity index is 670. The van der Waals surface area contributed by atoms with Gasteiger partial charge < -0.3 is 5.73 Å². The van der Waals surface area contributed by atoms with Crippen LogP contribution in [0.3, 0.4) is 0 Å². The van der Waals surface area contributed by atoms with Crippen LogP contribution in [-0.4, -0.2) is 19.9 Å². The molecular formula is C13H14ClN3O2S. The lowest BCUT2D eigenvalue weighted by molar-refractivity contribution is 0.581. The Morgan fingerprint density at radius 2 is 1.85 bits per heavy atom. The van der Waals surface area contributed by atoms with Crippen molar-refractivity contribution < 1.29 is 8.42 Å². The number of benzene rings is 1. The number of nitrogens with two attached hydrogens (primary N) is 1. The number of rotatable bonds is 5. The predicted octanol–water partition coefficient (Wildman–Crippen LogP) is 1.84. The van der Waals surface area contributed by atoms with Crippen molar-refractivity contribution in [1.82, 2.24) is 9.71 Å². The van der Waals surface area contributed by atoms with Gasteiger partial charge in [-0.3, -0.25) is 0 Å². The molecule has 0 saturated heterocycles. The average molecular weight is 312 g/mol. The van der Waals surface area contributed by atoms with Crippen LogP contribution in [0.1, 0.15) is 5.56 Å². The Balaban J connectivity index is 1.96. The van der Waals surface area contributed by atoms with Gasteiger partial charge in [0.25, 0.3) is 0 Å². The minimum Gasteiger partial charge on any atom is -0.384 e. The van der Waals surface area contributed by atoms with Crippen molar-refractivity contribution in [3.05, 3.63) is 53.2 Å². The van der Waals surface area contributed by atoms with E-state index in [2.05, 4.69) is 9.71 Å². The van der Waals surface area contributed by atoms with E-state index >= 15 is 0 Å². The third kappa shape index (κ3) is 3.93. The molecule has 0 radical (unpaired) electrons. The summed E-state index contributed by atoms with van der Waals surface area (Å²) in [6.45, 7) is 0.300. The first-order valence-electron chi connectivity index (χ1n) is 5.93. The van der Waals surface area contributed by atoms with Crippen molar-refractivity contribution in [3.8, 4) is 0 Å². The van der Waals surface area contributed by atoms with Crippen LogP contribution in [0, 0.1) is 0 Å². The molecule has 1 aromatic heterocycles. The molecule has 1 aromatic carbocycles. The molecule has 0 amide bonds. The highest BCUT2D eigenvalue weighted by atomic mass is 35.5. The minimum atomic E-state index is -3.55. The number of pyridine rings is 1. The molecule has 0 aliphatic heterocycles. The third-order valence-corrected chi connectivity index (χ3v) is 4.39. The first-order chi connectivity index (χ1) is 9.47. The molecule has 0 fully saturated rings. The number of nitrogen functional groups attached to an aromatic ring is 1. The fourth-order valence-corrected chi connectivity index (χ4v) is 2.72. The maximum absolute atomic E-state index is 12.0. The molecule has 0 saturated carbocycles. The number of anilines is 1. The van der Waals surface area contributed by atoms with Gasteiger partial charge in [-0.2, -0.15) is 0 Å². The van der Waals surface area contributed by atoms with Crippen molar-refractivity contribution >= 4 is 27.4 Å². The molecule has 20 heavy (non-hydrogen) atoms. The second-order valence-electron chi connectivity index (χ2n) is 4.19. The van der Waals surface area contributed by atoms with Crippen LogP contribution in [0.25, 0.3) is 0 Å². The molecule has 106 valence electrons. The lowest BCUT2D eigenvalue weighted by Gasteiger charge is -2.07. The van der Waals surface area contributed by atoms with Gasteiger partial charge in [-0.25, -0.2) is 18.1 Å². The second kappa shape index (κ2) is 6.21. The molecule has 0 aliphatic rings. The van der Waals surface area contributed by atoms with Crippen LogP contribution in [0.5, 0.6) is 0 Å². The number of sulfonamides is 1. The Morgan fingerprint density at radius 1 is 1.15 bits per heavy atom. The standard InChI is InChI=1S/C13H14ClN3O2S/c14-11-3-1-10(2-4-11)7-8-17-20(18,19)12-5-6-13(15)16-9-12/h1-6,9,17H,7-8H2,(H2,15,16). The van der Waals surface area contributed by atoms with Gasteiger partial charge in [0.05, 0.1) is 0 Å². The molecule has 0 spiro atoms. The van der Waals surface area contributed by atoms with Gasteiger partial charge >= 0.3 is 0 Å². The predicted molar refractivity (Wildman–Crippen MR) is 79.0 cm³/mol. The molecule has 0 unspecified atom stereocenters. The lowest BCUT2D eigenvalue weighted by Crippen LogP contribution is -2.26. The van der Waals surface area contributed by atoms with E-state index < -0.39 is 10.0 Å². The number of halogens is 1. The largest absolute Gasteiger partial charge is 0.384 e. The molecule has 2 rings (SSSR count). The highest BCUT2D eigenvalue weighted by Crippen LogP contribution is 2.11. The Kier molecular flexibility index (Phi) is 4.59. The van der Waals surface area contributed by atoms with Crippen LogP contribution in [0.15, 0.2) is 47.5 Å². The van der Waals surface area contributed by atoms with Crippen molar-refractivity contribution in [3.63, 3.8) is 0 Å². The normalized spacial score (nSPS) is 11.4. The van der Waals surface area contributed by atoms with E-state index in [4.69, 9.17) is 17.3 Å². The quantitative estimate of drug-likeness (QED) is 0.882. The molecule has 0 bridgehead atoms. The fourth-order valence-electron chi connectivity index (χ4n) is 1.61. The summed E-state index contributed by atoms with van der Waals surface area (Å²) in [6.07, 6.45) is 1.82. The molecule has 1 heterocycles. The Labute approximate surface area is 122 Å². The number of hydrogen-bond acceptors (Lipinski definition) is 4. The summed E-state index contributed by atoms with van der Waals surface area (Å²) in [5, 5.41) is 0.655. The van der Waals surface area contributed by atoms with Gasteiger partial charge in [0.2, 0.25) is 10.0 Å². The second-order valence-corrected chi connectivity index (χ2v) is 6.40. The summed E-state index contributed by atoms with van der Waals surface area (Å²) in [6, 6.07) is 10.1. The zero-order valence-electron chi connectivity index (χ0n) is 10.6. The molecule has 3 N–H and O–H groups in total. The van der Waals surface area contributed by atoms with Gasteiger partial charge in [-0.1, -0.05) is 23.7 Å². The van der Waals surface area contributed by atoms with Crippen LogP contribution in [-0.2, 0) is 16.4 Å². The summed E-state index contributed by atoms with van der Waals surface area (Å²) >= 11 is 5.78. The molecule has 7 heteroatoms. The number of hydrogen-bond donors (Lipinski definition) is 2. The molecule has 5 nitrogen and oxygen atoms in total. The maximum Gasteiger partial charge on any atom is 0.242 e. The van der Waals surface area contributed by atoms with E-state index in [-0.39, 0.29) is 10.7 Å². The SMILES string of the molecule is Nc1ccc(S(=O)(=O)NCCc2ccc(Cl)cc2)cn1.